The first kappa shape index (κ1) is 26.2. The lowest BCUT2D eigenvalue weighted by atomic mass is 9.95. The van der Waals surface area contributed by atoms with E-state index < -0.39 is 17.7 Å². The van der Waals surface area contributed by atoms with Crippen molar-refractivity contribution in [1.82, 2.24) is 4.98 Å². The molecule has 1 aliphatic rings. The van der Waals surface area contributed by atoms with Gasteiger partial charge >= 0.3 is 5.91 Å². The molecule has 1 aromatic heterocycles. The third-order valence-electron chi connectivity index (χ3n) is 6.58. The lowest BCUT2D eigenvalue weighted by molar-refractivity contribution is -0.132. The van der Waals surface area contributed by atoms with Crippen LogP contribution in [0.25, 0.3) is 16.0 Å². The molecule has 8 nitrogen and oxygen atoms in total. The number of phenolic OH excluding ortho intramolecular Hbond substituents is 1. The number of aliphatic hydroxyl groups excluding tert-OH is 1. The molecule has 0 saturated carbocycles. The Morgan fingerprint density at radius 2 is 1.92 bits per heavy atom. The molecule has 1 unspecified atom stereocenters. The predicted octanol–water partition coefficient (Wildman–Crippen LogP) is 6.12. The third-order valence-corrected chi connectivity index (χ3v) is 7.59. The van der Waals surface area contributed by atoms with Gasteiger partial charge in [0.25, 0.3) is 5.78 Å². The number of thiazole rings is 1. The van der Waals surface area contributed by atoms with Crippen LogP contribution in [0, 0.1) is 6.92 Å². The first-order valence-corrected chi connectivity index (χ1v) is 13.4. The molecule has 2 N–H and O–H groups in total. The standard InChI is InChI=1S/C30H28N2O6S/c1-4-5-13-38-20-8-6-7-19(15-20)27(34)25-26(18-10-12-22(33)23(16-18)37-3)32(29(36)28(25)35)30-31-21-11-9-17(2)14-24(21)39-30/h6-12,14-16,26,33-34H,4-5,13H2,1-3H3. The Morgan fingerprint density at radius 1 is 1.10 bits per heavy atom. The number of hydrogen-bond acceptors (Lipinski definition) is 8. The molecule has 1 atom stereocenters. The normalized spacial score (nSPS) is 16.7. The number of hydrogen-bond donors (Lipinski definition) is 2. The first-order chi connectivity index (χ1) is 18.8. The van der Waals surface area contributed by atoms with Gasteiger partial charge in [-0.25, -0.2) is 4.98 Å². The lowest BCUT2D eigenvalue weighted by Gasteiger charge is -2.23. The van der Waals surface area contributed by atoms with Crippen molar-refractivity contribution >= 4 is 44.1 Å². The first-order valence-electron chi connectivity index (χ1n) is 12.6. The highest BCUT2D eigenvalue weighted by atomic mass is 32.1. The van der Waals surface area contributed by atoms with Gasteiger partial charge in [-0.2, -0.15) is 0 Å². The van der Waals surface area contributed by atoms with E-state index in [0.29, 0.717) is 34.1 Å². The SMILES string of the molecule is CCCCOc1cccc(C(O)=C2C(=O)C(=O)N(c3nc4ccc(C)cc4s3)C2c2ccc(O)c(OC)c2)c1. The molecule has 9 heteroatoms. The molecule has 1 saturated heterocycles. The van der Waals surface area contributed by atoms with E-state index in [-0.39, 0.29) is 22.8 Å². The highest BCUT2D eigenvalue weighted by molar-refractivity contribution is 7.22. The Labute approximate surface area is 229 Å². The number of methoxy groups -OCH3 is 1. The number of benzene rings is 3. The van der Waals surface area contributed by atoms with Crippen LogP contribution in [0.1, 0.15) is 42.5 Å². The number of aliphatic hydroxyl groups is 1. The van der Waals surface area contributed by atoms with Crippen LogP contribution in [0.5, 0.6) is 17.2 Å². The number of phenols is 1. The smallest absolute Gasteiger partial charge is 0.301 e. The summed E-state index contributed by atoms with van der Waals surface area (Å²) in [6, 6.07) is 16.1. The number of Topliss-reactive ketones (excluding diaryl/α,β-unsaturated/α-hetero) is 1. The summed E-state index contributed by atoms with van der Waals surface area (Å²) < 4.78 is 12.0. The number of fused-ring (bicyclic) bond motifs is 1. The summed E-state index contributed by atoms with van der Waals surface area (Å²) in [4.78, 5) is 33.0. The van der Waals surface area contributed by atoms with Crippen molar-refractivity contribution in [3.8, 4) is 17.2 Å². The molecule has 1 amide bonds. The quantitative estimate of drug-likeness (QED) is 0.119. The Balaban J connectivity index is 1.68. The number of aromatic hydroxyl groups is 1. The van der Waals surface area contributed by atoms with Crippen molar-refractivity contribution < 1.29 is 29.3 Å². The van der Waals surface area contributed by atoms with Crippen LogP contribution in [-0.4, -0.2) is 40.6 Å². The van der Waals surface area contributed by atoms with E-state index >= 15 is 0 Å². The molecule has 0 radical (unpaired) electrons. The molecule has 0 bridgehead atoms. The van der Waals surface area contributed by atoms with Gasteiger partial charge in [0.05, 0.1) is 35.5 Å². The van der Waals surface area contributed by atoms with Crippen LogP contribution >= 0.6 is 11.3 Å². The zero-order chi connectivity index (χ0) is 27.7. The molecule has 0 aliphatic carbocycles. The molecule has 4 aromatic rings. The number of ether oxygens (including phenoxy) is 2. The van der Waals surface area contributed by atoms with E-state index in [9.17, 15) is 19.8 Å². The van der Waals surface area contributed by atoms with Gasteiger partial charge in [0, 0.05) is 5.56 Å². The Bertz CT molecular complexity index is 1610. The summed E-state index contributed by atoms with van der Waals surface area (Å²) >= 11 is 1.29. The van der Waals surface area contributed by atoms with Gasteiger partial charge in [-0.15, -0.1) is 0 Å². The number of anilines is 1. The van der Waals surface area contributed by atoms with E-state index in [1.54, 1.807) is 36.4 Å². The van der Waals surface area contributed by atoms with Gasteiger partial charge in [0.1, 0.15) is 11.5 Å². The minimum Gasteiger partial charge on any atom is -0.507 e. The van der Waals surface area contributed by atoms with Crippen molar-refractivity contribution in [1.29, 1.82) is 0 Å². The van der Waals surface area contributed by atoms with Crippen molar-refractivity contribution in [2.45, 2.75) is 32.7 Å². The van der Waals surface area contributed by atoms with Gasteiger partial charge in [-0.05, 0) is 60.9 Å². The fourth-order valence-corrected chi connectivity index (χ4v) is 5.65. The van der Waals surface area contributed by atoms with Crippen LogP contribution in [-0.2, 0) is 9.59 Å². The number of aryl methyl sites for hydroxylation is 1. The van der Waals surface area contributed by atoms with Crippen LogP contribution < -0.4 is 14.4 Å². The Morgan fingerprint density at radius 3 is 2.69 bits per heavy atom. The fraction of sp³-hybridized carbons (Fsp3) is 0.233. The van der Waals surface area contributed by atoms with Crippen molar-refractivity contribution in [2.75, 3.05) is 18.6 Å². The monoisotopic (exact) mass is 544 g/mol. The van der Waals surface area contributed by atoms with Crippen LogP contribution in [0.3, 0.4) is 0 Å². The molecule has 1 fully saturated rings. The highest BCUT2D eigenvalue weighted by Gasteiger charge is 2.48. The van der Waals surface area contributed by atoms with Gasteiger partial charge in [0.15, 0.2) is 16.6 Å². The van der Waals surface area contributed by atoms with Gasteiger partial charge in [-0.1, -0.05) is 48.9 Å². The second-order valence-corrected chi connectivity index (χ2v) is 10.3. The average molecular weight is 545 g/mol. The molecule has 0 spiro atoms. The van der Waals surface area contributed by atoms with Crippen LogP contribution in [0.4, 0.5) is 5.13 Å². The minimum atomic E-state index is -1.01. The maximum absolute atomic E-state index is 13.5. The number of rotatable bonds is 8. The number of carbonyl (C=O) groups is 2. The zero-order valence-corrected chi connectivity index (χ0v) is 22.6. The van der Waals surface area contributed by atoms with E-state index in [0.717, 1.165) is 23.1 Å². The predicted molar refractivity (Wildman–Crippen MR) is 151 cm³/mol. The van der Waals surface area contributed by atoms with Crippen molar-refractivity contribution in [2.24, 2.45) is 0 Å². The molecule has 39 heavy (non-hydrogen) atoms. The number of ketones is 1. The summed E-state index contributed by atoms with van der Waals surface area (Å²) in [5, 5.41) is 22.0. The molecule has 3 aromatic carbocycles. The maximum Gasteiger partial charge on any atom is 0.301 e. The Kier molecular flexibility index (Phi) is 7.26. The second kappa shape index (κ2) is 10.8. The number of unbranched alkanes of at least 4 members (excludes halogenated alkanes) is 1. The summed E-state index contributed by atoms with van der Waals surface area (Å²) in [7, 11) is 1.41. The zero-order valence-electron chi connectivity index (χ0n) is 21.8. The van der Waals surface area contributed by atoms with E-state index in [4.69, 9.17) is 9.47 Å². The maximum atomic E-state index is 13.5. The van der Waals surface area contributed by atoms with Gasteiger partial charge in [0.2, 0.25) is 0 Å². The fourth-order valence-electron chi connectivity index (χ4n) is 4.56. The topological polar surface area (TPSA) is 109 Å². The summed E-state index contributed by atoms with van der Waals surface area (Å²) in [5.41, 5.74) is 2.46. The molecule has 5 rings (SSSR count). The van der Waals surface area contributed by atoms with Crippen LogP contribution in [0.2, 0.25) is 0 Å². The molecule has 2 heterocycles. The van der Waals surface area contributed by atoms with Crippen molar-refractivity contribution in [3.05, 3.63) is 82.9 Å². The molecular weight excluding hydrogens is 516 g/mol. The minimum absolute atomic E-state index is 0.0890. The largest absolute Gasteiger partial charge is 0.507 e. The molecular formula is C30H28N2O6S. The number of carbonyl (C=O) groups excluding carboxylic acids is 2. The summed E-state index contributed by atoms with van der Waals surface area (Å²) in [5.74, 6) is -1.34. The Hall–Kier alpha value is -4.37. The number of nitrogens with zero attached hydrogens (tertiary/aromatic N) is 2. The average Bonchev–Trinajstić information content (AvgIpc) is 3.46. The second-order valence-electron chi connectivity index (χ2n) is 9.30. The highest BCUT2D eigenvalue weighted by Crippen LogP contribution is 2.46. The third kappa shape index (κ3) is 4.93. The van der Waals surface area contributed by atoms with Gasteiger partial charge in [-0.3, -0.25) is 14.5 Å². The molecule has 200 valence electrons. The summed E-state index contributed by atoms with van der Waals surface area (Å²) in [6.45, 7) is 4.55. The molecule has 1 aliphatic heterocycles. The van der Waals surface area contributed by atoms with E-state index in [1.165, 1.54) is 29.4 Å². The van der Waals surface area contributed by atoms with E-state index in [1.807, 2.05) is 25.1 Å². The van der Waals surface area contributed by atoms with Crippen LogP contribution in [0.15, 0.2) is 66.2 Å². The number of amides is 1. The lowest BCUT2D eigenvalue weighted by Crippen LogP contribution is -2.29. The summed E-state index contributed by atoms with van der Waals surface area (Å²) in [6.07, 6.45) is 1.86. The van der Waals surface area contributed by atoms with Gasteiger partial charge < -0.3 is 19.7 Å². The number of aromatic nitrogens is 1. The van der Waals surface area contributed by atoms with E-state index in [2.05, 4.69) is 11.9 Å². The van der Waals surface area contributed by atoms with Crippen molar-refractivity contribution in [3.63, 3.8) is 0 Å².